The fraction of sp³-hybridized carbons (Fsp3) is 0.0588. The van der Waals surface area contributed by atoms with Gasteiger partial charge in [0.2, 0.25) is 0 Å². The van der Waals surface area contributed by atoms with E-state index in [1.54, 1.807) is 36.4 Å². The van der Waals surface area contributed by atoms with Crippen LogP contribution in [0.3, 0.4) is 0 Å². The van der Waals surface area contributed by atoms with Gasteiger partial charge in [-0.1, -0.05) is 35.3 Å². The summed E-state index contributed by atoms with van der Waals surface area (Å²) in [6, 6.07) is 14.2. The molecule has 0 saturated heterocycles. The minimum absolute atomic E-state index is 0.202. The zero-order valence-corrected chi connectivity index (χ0v) is 14.3. The Morgan fingerprint density at radius 2 is 1.83 bits per heavy atom. The molecule has 3 aromatic rings. The van der Waals surface area contributed by atoms with Crippen molar-refractivity contribution >= 4 is 35.1 Å². The number of hydrogen-bond donors (Lipinski definition) is 2. The summed E-state index contributed by atoms with van der Waals surface area (Å²) in [4.78, 5) is 12.5. The lowest BCUT2D eigenvalue weighted by Gasteiger charge is -2.01. The quantitative estimate of drug-likeness (QED) is 0.540. The molecule has 0 aliphatic rings. The predicted octanol–water partition coefficient (Wildman–Crippen LogP) is 4.23. The molecule has 0 radical (unpaired) electrons. The number of rotatable bonds is 4. The van der Waals surface area contributed by atoms with E-state index in [0.717, 1.165) is 5.69 Å². The Morgan fingerprint density at radius 3 is 2.54 bits per heavy atom. The molecule has 0 atom stereocenters. The third-order valence-electron chi connectivity index (χ3n) is 3.40. The standard InChI is InChI=1S/C17H14Cl2N4O/c1-11-16(10-20-21-14-6-2-4-12(18)8-14)17(24)23(22-11)15-7-3-5-13(19)9-15/h2-10,21-22H,1H3. The van der Waals surface area contributed by atoms with Crippen LogP contribution in [0.2, 0.25) is 10.0 Å². The van der Waals surface area contributed by atoms with Gasteiger partial charge in [0.1, 0.15) is 0 Å². The molecule has 1 aromatic heterocycles. The highest BCUT2D eigenvalue weighted by atomic mass is 35.5. The highest BCUT2D eigenvalue weighted by Gasteiger charge is 2.10. The third kappa shape index (κ3) is 3.53. The van der Waals surface area contributed by atoms with Crippen LogP contribution in [-0.2, 0) is 0 Å². The van der Waals surface area contributed by atoms with Crippen molar-refractivity contribution in [1.29, 1.82) is 0 Å². The fourth-order valence-electron chi connectivity index (χ4n) is 2.24. The first-order valence-electron chi connectivity index (χ1n) is 7.17. The van der Waals surface area contributed by atoms with Gasteiger partial charge in [-0.05, 0) is 43.3 Å². The average Bonchev–Trinajstić information content (AvgIpc) is 2.83. The van der Waals surface area contributed by atoms with Crippen LogP contribution in [0.1, 0.15) is 11.3 Å². The molecule has 0 bridgehead atoms. The number of halogens is 2. The first-order chi connectivity index (χ1) is 11.5. The summed E-state index contributed by atoms with van der Waals surface area (Å²) in [5.74, 6) is 0. The monoisotopic (exact) mass is 360 g/mol. The number of hydrazone groups is 1. The van der Waals surface area contributed by atoms with Gasteiger partial charge in [-0.15, -0.1) is 0 Å². The second-order valence-corrected chi connectivity index (χ2v) is 6.02. The van der Waals surface area contributed by atoms with Gasteiger partial charge in [0.25, 0.3) is 5.56 Å². The van der Waals surface area contributed by atoms with Crippen molar-refractivity contribution in [2.24, 2.45) is 5.10 Å². The number of nitrogens with one attached hydrogen (secondary N) is 2. The molecule has 0 fully saturated rings. The molecule has 0 spiro atoms. The molecular weight excluding hydrogens is 347 g/mol. The van der Waals surface area contributed by atoms with Gasteiger partial charge in [0.15, 0.2) is 0 Å². The van der Waals surface area contributed by atoms with Crippen LogP contribution in [0.25, 0.3) is 5.69 Å². The molecule has 7 heteroatoms. The molecule has 2 aromatic carbocycles. The van der Waals surface area contributed by atoms with E-state index in [-0.39, 0.29) is 5.56 Å². The normalized spacial score (nSPS) is 11.1. The van der Waals surface area contributed by atoms with Gasteiger partial charge in [-0.25, -0.2) is 4.68 Å². The number of H-pyrrole nitrogens is 1. The summed E-state index contributed by atoms with van der Waals surface area (Å²) < 4.78 is 1.43. The Morgan fingerprint density at radius 1 is 1.12 bits per heavy atom. The molecule has 2 N–H and O–H groups in total. The lowest BCUT2D eigenvalue weighted by molar-refractivity contribution is 0.835. The Bertz CT molecular complexity index is 959. The number of hydrogen-bond acceptors (Lipinski definition) is 3. The fourth-order valence-corrected chi connectivity index (χ4v) is 2.61. The summed E-state index contributed by atoms with van der Waals surface area (Å²) in [5.41, 5.74) is 5.22. The number of aryl methyl sites for hydroxylation is 1. The van der Waals surface area contributed by atoms with Crippen LogP contribution in [0.5, 0.6) is 0 Å². The first kappa shape index (κ1) is 16.4. The molecule has 0 saturated carbocycles. The Kier molecular flexibility index (Phi) is 4.74. The van der Waals surface area contributed by atoms with Crippen molar-refractivity contribution in [2.45, 2.75) is 6.92 Å². The zero-order valence-electron chi connectivity index (χ0n) is 12.8. The van der Waals surface area contributed by atoms with Crippen LogP contribution in [-0.4, -0.2) is 16.0 Å². The van der Waals surface area contributed by atoms with Crippen LogP contribution < -0.4 is 11.0 Å². The van der Waals surface area contributed by atoms with Gasteiger partial charge >= 0.3 is 0 Å². The largest absolute Gasteiger partial charge is 0.295 e. The molecule has 0 aliphatic heterocycles. The molecule has 3 rings (SSSR count). The van der Waals surface area contributed by atoms with E-state index in [0.29, 0.717) is 27.0 Å². The van der Waals surface area contributed by atoms with E-state index in [2.05, 4.69) is 15.6 Å². The molecule has 5 nitrogen and oxygen atoms in total. The molecule has 0 unspecified atom stereocenters. The van der Waals surface area contributed by atoms with Gasteiger partial charge < -0.3 is 0 Å². The first-order valence-corrected chi connectivity index (χ1v) is 7.92. The van der Waals surface area contributed by atoms with Gasteiger partial charge in [0, 0.05) is 15.7 Å². The maximum absolute atomic E-state index is 12.5. The molecular formula is C17H14Cl2N4O. The smallest absolute Gasteiger partial charge is 0.280 e. The second kappa shape index (κ2) is 6.95. The van der Waals surface area contributed by atoms with Crippen molar-refractivity contribution in [3.8, 4) is 5.69 Å². The number of benzene rings is 2. The van der Waals surface area contributed by atoms with Crippen molar-refractivity contribution in [3.63, 3.8) is 0 Å². The topological polar surface area (TPSA) is 62.2 Å². The summed E-state index contributed by atoms with van der Waals surface area (Å²) in [5, 5.41) is 8.29. The maximum Gasteiger partial charge on any atom is 0.280 e. The van der Waals surface area contributed by atoms with Crippen molar-refractivity contribution in [3.05, 3.63) is 80.2 Å². The number of aromatic amines is 1. The Balaban J connectivity index is 1.87. The van der Waals surface area contributed by atoms with Crippen LogP contribution in [0, 0.1) is 6.92 Å². The van der Waals surface area contributed by atoms with E-state index in [9.17, 15) is 4.79 Å². The molecule has 24 heavy (non-hydrogen) atoms. The Labute approximate surface area is 148 Å². The molecule has 122 valence electrons. The van der Waals surface area contributed by atoms with Crippen molar-refractivity contribution < 1.29 is 0 Å². The highest BCUT2D eigenvalue weighted by molar-refractivity contribution is 6.31. The second-order valence-electron chi connectivity index (χ2n) is 5.15. The van der Waals surface area contributed by atoms with Gasteiger partial charge in [0.05, 0.1) is 23.2 Å². The van der Waals surface area contributed by atoms with Gasteiger partial charge in [-0.3, -0.25) is 15.3 Å². The molecule has 1 heterocycles. The molecule has 0 aliphatic carbocycles. The van der Waals surface area contributed by atoms with E-state index in [1.165, 1.54) is 10.9 Å². The minimum atomic E-state index is -0.202. The van der Waals surface area contributed by atoms with Crippen molar-refractivity contribution in [1.82, 2.24) is 9.78 Å². The van der Waals surface area contributed by atoms with E-state index in [1.807, 2.05) is 19.1 Å². The number of anilines is 1. The number of nitrogens with zero attached hydrogens (tertiary/aromatic N) is 2. The summed E-state index contributed by atoms with van der Waals surface area (Å²) in [6.07, 6.45) is 1.48. The lowest BCUT2D eigenvalue weighted by atomic mass is 10.3. The van der Waals surface area contributed by atoms with Crippen molar-refractivity contribution in [2.75, 3.05) is 5.43 Å². The predicted molar refractivity (Wildman–Crippen MR) is 98.8 cm³/mol. The zero-order chi connectivity index (χ0) is 17.1. The highest BCUT2D eigenvalue weighted by Crippen LogP contribution is 2.15. The summed E-state index contributed by atoms with van der Waals surface area (Å²) >= 11 is 11.9. The average molecular weight is 361 g/mol. The third-order valence-corrected chi connectivity index (χ3v) is 3.87. The van der Waals surface area contributed by atoms with E-state index in [4.69, 9.17) is 23.2 Å². The SMILES string of the molecule is Cc1[nH]n(-c2cccc(Cl)c2)c(=O)c1C=NNc1cccc(Cl)c1. The summed E-state index contributed by atoms with van der Waals surface area (Å²) in [7, 11) is 0. The van der Waals surface area contributed by atoms with Crippen LogP contribution in [0.4, 0.5) is 5.69 Å². The number of aromatic nitrogens is 2. The van der Waals surface area contributed by atoms with Crippen LogP contribution in [0.15, 0.2) is 58.4 Å². The van der Waals surface area contributed by atoms with Gasteiger partial charge in [-0.2, -0.15) is 5.10 Å². The summed E-state index contributed by atoms with van der Waals surface area (Å²) in [6.45, 7) is 1.81. The Hall–Kier alpha value is -2.50. The minimum Gasteiger partial charge on any atom is -0.295 e. The maximum atomic E-state index is 12.5. The lowest BCUT2D eigenvalue weighted by Crippen LogP contribution is -2.17. The van der Waals surface area contributed by atoms with E-state index < -0.39 is 0 Å². The van der Waals surface area contributed by atoms with Crippen LogP contribution >= 0.6 is 23.2 Å². The van der Waals surface area contributed by atoms with E-state index >= 15 is 0 Å². The molecule has 0 amide bonds.